The smallest absolute Gasteiger partial charge is 0.0502 e. The first-order valence-corrected chi connectivity index (χ1v) is 6.90. The summed E-state index contributed by atoms with van der Waals surface area (Å²) in [5.74, 6) is 0.167. The lowest BCUT2D eigenvalue weighted by molar-refractivity contribution is 0.264. The van der Waals surface area contributed by atoms with Crippen LogP contribution in [0.3, 0.4) is 0 Å². The molecule has 2 aromatic carbocycles. The third-order valence-electron chi connectivity index (χ3n) is 3.16. The molecule has 0 bridgehead atoms. The second-order valence-corrected chi connectivity index (χ2v) is 5.54. The molecule has 2 rings (SSSR count). The van der Waals surface area contributed by atoms with E-state index in [4.69, 9.17) is 0 Å². The summed E-state index contributed by atoms with van der Waals surface area (Å²) in [7, 11) is 0. The van der Waals surface area contributed by atoms with Gasteiger partial charge in [0, 0.05) is 10.4 Å². The Hall–Kier alpha value is -1.12. The molecule has 0 saturated heterocycles. The minimum Gasteiger partial charge on any atom is -0.396 e. The van der Waals surface area contributed by atoms with Crippen molar-refractivity contribution in [1.82, 2.24) is 0 Å². The summed E-state index contributed by atoms with van der Waals surface area (Å²) < 4.78 is 1.07. The first-order chi connectivity index (χ1) is 8.69. The largest absolute Gasteiger partial charge is 0.396 e. The monoisotopic (exact) mass is 304 g/mol. The highest BCUT2D eigenvalue weighted by atomic mass is 79.9. The molecular weight excluding hydrogens is 288 g/mol. The van der Waals surface area contributed by atoms with Crippen molar-refractivity contribution in [1.29, 1.82) is 0 Å². The van der Waals surface area contributed by atoms with E-state index in [9.17, 15) is 5.11 Å². The van der Waals surface area contributed by atoms with Crippen LogP contribution in [0.4, 0.5) is 0 Å². The van der Waals surface area contributed by atoms with Crippen LogP contribution in [0.15, 0.2) is 53.0 Å². The Morgan fingerprint density at radius 3 is 2.17 bits per heavy atom. The fraction of sp³-hybridized carbons (Fsp3) is 0.250. The lowest BCUT2D eigenvalue weighted by atomic mass is 9.92. The predicted molar refractivity (Wildman–Crippen MR) is 78.9 cm³/mol. The van der Waals surface area contributed by atoms with Crippen LogP contribution in [0.5, 0.6) is 0 Å². The van der Waals surface area contributed by atoms with Gasteiger partial charge in [0.2, 0.25) is 0 Å². The second kappa shape index (κ2) is 6.17. The van der Waals surface area contributed by atoms with Crippen molar-refractivity contribution in [3.63, 3.8) is 0 Å². The van der Waals surface area contributed by atoms with Gasteiger partial charge >= 0.3 is 0 Å². The minimum absolute atomic E-state index is 0.167. The van der Waals surface area contributed by atoms with E-state index >= 15 is 0 Å². The average molecular weight is 305 g/mol. The molecule has 0 saturated carbocycles. The Balaban J connectivity index is 2.14. The molecule has 94 valence electrons. The molecule has 1 atom stereocenters. The van der Waals surface area contributed by atoms with Gasteiger partial charge in [-0.2, -0.15) is 0 Å². The highest BCUT2D eigenvalue weighted by Crippen LogP contribution is 2.22. The van der Waals surface area contributed by atoms with E-state index in [1.807, 2.05) is 12.1 Å². The van der Waals surface area contributed by atoms with E-state index in [1.165, 1.54) is 16.7 Å². The molecule has 0 fully saturated rings. The molecule has 0 radical (unpaired) electrons. The minimum atomic E-state index is 0.167. The summed E-state index contributed by atoms with van der Waals surface area (Å²) in [6.45, 7) is 2.26. The Morgan fingerprint density at radius 1 is 1.00 bits per heavy atom. The lowest BCUT2D eigenvalue weighted by Crippen LogP contribution is -2.07. The maximum absolute atomic E-state index is 9.55. The molecule has 2 aromatic rings. The second-order valence-electron chi connectivity index (χ2n) is 4.62. The van der Waals surface area contributed by atoms with Crippen molar-refractivity contribution in [3.8, 4) is 0 Å². The van der Waals surface area contributed by atoms with Gasteiger partial charge in [0.1, 0.15) is 0 Å². The van der Waals surface area contributed by atoms with Crippen molar-refractivity contribution in [2.24, 2.45) is 0 Å². The van der Waals surface area contributed by atoms with Gasteiger partial charge in [0.25, 0.3) is 0 Å². The molecule has 1 N–H and O–H groups in total. The van der Waals surface area contributed by atoms with Gasteiger partial charge in [-0.05, 0) is 36.6 Å². The number of aliphatic hydroxyl groups excluding tert-OH is 1. The van der Waals surface area contributed by atoms with E-state index in [-0.39, 0.29) is 12.5 Å². The first kappa shape index (κ1) is 13.3. The van der Waals surface area contributed by atoms with Crippen molar-refractivity contribution >= 4 is 15.9 Å². The molecule has 0 aliphatic carbocycles. The first-order valence-electron chi connectivity index (χ1n) is 6.11. The predicted octanol–water partition coefficient (Wildman–Crippen LogP) is 4.08. The molecule has 0 aliphatic heterocycles. The van der Waals surface area contributed by atoms with Gasteiger partial charge in [-0.3, -0.25) is 0 Å². The van der Waals surface area contributed by atoms with E-state index in [0.29, 0.717) is 0 Å². The van der Waals surface area contributed by atoms with Crippen molar-refractivity contribution < 1.29 is 5.11 Å². The van der Waals surface area contributed by atoms with Gasteiger partial charge in [-0.25, -0.2) is 0 Å². The van der Waals surface area contributed by atoms with E-state index < -0.39 is 0 Å². The Labute approximate surface area is 117 Å². The molecule has 1 nitrogen and oxygen atoms in total. The summed E-state index contributed by atoms with van der Waals surface area (Å²) in [6, 6.07) is 16.7. The Kier molecular flexibility index (Phi) is 4.56. The lowest BCUT2D eigenvalue weighted by Gasteiger charge is -2.15. The third-order valence-corrected chi connectivity index (χ3v) is 3.69. The van der Waals surface area contributed by atoms with Crippen LogP contribution in [0.25, 0.3) is 0 Å². The summed E-state index contributed by atoms with van der Waals surface area (Å²) in [5.41, 5.74) is 3.71. The van der Waals surface area contributed by atoms with Gasteiger partial charge in [-0.15, -0.1) is 0 Å². The SMILES string of the molecule is Cc1ccc(CC(CO)c2ccc(Br)cc2)cc1. The summed E-state index contributed by atoms with van der Waals surface area (Å²) >= 11 is 3.43. The molecule has 0 aromatic heterocycles. The number of rotatable bonds is 4. The normalized spacial score (nSPS) is 12.4. The maximum Gasteiger partial charge on any atom is 0.0502 e. The van der Waals surface area contributed by atoms with Gasteiger partial charge < -0.3 is 5.11 Å². The number of hydrogen-bond donors (Lipinski definition) is 1. The van der Waals surface area contributed by atoms with Crippen LogP contribution in [-0.2, 0) is 6.42 Å². The fourth-order valence-corrected chi connectivity index (χ4v) is 2.30. The molecule has 0 heterocycles. The topological polar surface area (TPSA) is 20.2 Å². The van der Waals surface area contributed by atoms with E-state index in [2.05, 4.69) is 59.3 Å². The number of aryl methyl sites for hydroxylation is 1. The molecule has 2 heteroatoms. The van der Waals surface area contributed by atoms with Crippen LogP contribution in [0.2, 0.25) is 0 Å². The van der Waals surface area contributed by atoms with Gasteiger partial charge in [0.15, 0.2) is 0 Å². The van der Waals surface area contributed by atoms with Crippen molar-refractivity contribution in [3.05, 3.63) is 69.7 Å². The van der Waals surface area contributed by atoms with Crippen LogP contribution >= 0.6 is 15.9 Å². The molecule has 0 amide bonds. The van der Waals surface area contributed by atoms with Gasteiger partial charge in [-0.1, -0.05) is 57.9 Å². The number of halogens is 1. The molecule has 0 aliphatic rings. The van der Waals surface area contributed by atoms with E-state index in [0.717, 1.165) is 10.9 Å². The molecule has 18 heavy (non-hydrogen) atoms. The van der Waals surface area contributed by atoms with Crippen LogP contribution in [0, 0.1) is 6.92 Å². The highest BCUT2D eigenvalue weighted by Gasteiger charge is 2.11. The Morgan fingerprint density at radius 2 is 1.61 bits per heavy atom. The van der Waals surface area contributed by atoms with Crippen LogP contribution in [-0.4, -0.2) is 11.7 Å². The maximum atomic E-state index is 9.55. The highest BCUT2D eigenvalue weighted by molar-refractivity contribution is 9.10. The zero-order valence-corrected chi connectivity index (χ0v) is 12.0. The van der Waals surface area contributed by atoms with Crippen molar-refractivity contribution in [2.45, 2.75) is 19.3 Å². The number of benzene rings is 2. The Bertz CT molecular complexity index is 488. The fourth-order valence-electron chi connectivity index (χ4n) is 2.03. The number of aliphatic hydroxyl groups is 1. The zero-order valence-electron chi connectivity index (χ0n) is 10.4. The third kappa shape index (κ3) is 3.44. The summed E-state index contributed by atoms with van der Waals surface area (Å²) in [4.78, 5) is 0. The molecular formula is C16H17BrO. The van der Waals surface area contributed by atoms with E-state index in [1.54, 1.807) is 0 Å². The summed E-state index contributed by atoms with van der Waals surface area (Å²) in [6.07, 6.45) is 0.873. The standard InChI is InChI=1S/C16H17BrO/c1-12-2-4-13(5-3-12)10-15(11-18)14-6-8-16(17)9-7-14/h2-9,15,18H,10-11H2,1H3. The average Bonchev–Trinajstić information content (AvgIpc) is 2.39. The molecule has 1 unspecified atom stereocenters. The van der Waals surface area contributed by atoms with Crippen LogP contribution < -0.4 is 0 Å². The zero-order chi connectivity index (χ0) is 13.0. The quantitative estimate of drug-likeness (QED) is 0.902. The molecule has 0 spiro atoms. The summed E-state index contributed by atoms with van der Waals surface area (Å²) in [5, 5.41) is 9.55. The number of hydrogen-bond acceptors (Lipinski definition) is 1. The van der Waals surface area contributed by atoms with Gasteiger partial charge in [0.05, 0.1) is 6.61 Å². The van der Waals surface area contributed by atoms with Crippen LogP contribution in [0.1, 0.15) is 22.6 Å². The van der Waals surface area contributed by atoms with Crippen molar-refractivity contribution in [2.75, 3.05) is 6.61 Å².